The summed E-state index contributed by atoms with van der Waals surface area (Å²) in [6, 6.07) is 8.84. The summed E-state index contributed by atoms with van der Waals surface area (Å²) in [5.41, 5.74) is 2.93. The van der Waals surface area contributed by atoms with Gasteiger partial charge in [-0.05, 0) is 42.3 Å². The lowest BCUT2D eigenvalue weighted by molar-refractivity contribution is -0.116. The molecule has 0 radical (unpaired) electrons. The van der Waals surface area contributed by atoms with Crippen molar-refractivity contribution in [3.8, 4) is 11.4 Å². The quantitative estimate of drug-likeness (QED) is 0.657. The highest BCUT2D eigenvalue weighted by Crippen LogP contribution is 2.32. The molecule has 4 rings (SSSR count). The van der Waals surface area contributed by atoms with Crippen molar-refractivity contribution < 1.29 is 17.7 Å². The van der Waals surface area contributed by atoms with Crippen molar-refractivity contribution in [3.05, 3.63) is 54.2 Å². The van der Waals surface area contributed by atoms with E-state index in [-0.39, 0.29) is 12.3 Å². The van der Waals surface area contributed by atoms with Crippen LogP contribution in [0.25, 0.3) is 11.4 Å². The number of amides is 1. The fourth-order valence-electron chi connectivity index (χ4n) is 3.21. The number of nitrogens with zero attached hydrogens (tertiary/aromatic N) is 4. The summed E-state index contributed by atoms with van der Waals surface area (Å²) in [5, 5.41) is 6.73. The number of carbonyl (C=O) groups is 1. The first-order chi connectivity index (χ1) is 13.9. The van der Waals surface area contributed by atoms with Crippen molar-refractivity contribution in [2.45, 2.75) is 19.3 Å². The standard InChI is InChI=1S/C19H19N5O4S/c1-29(26,27)24-10-8-13-11-15(4-5-16(13)24)21-17(25)6-7-18-22-19(23-28-18)14-3-2-9-20-12-14/h2-5,9,11-12H,6-8,10H2,1H3,(H,21,25). The van der Waals surface area contributed by atoms with Gasteiger partial charge in [-0.1, -0.05) is 5.16 Å². The van der Waals surface area contributed by atoms with E-state index in [0.717, 1.165) is 11.1 Å². The van der Waals surface area contributed by atoms with Crippen molar-refractivity contribution in [2.75, 3.05) is 22.4 Å². The maximum atomic E-state index is 12.3. The number of hydrogen-bond acceptors (Lipinski definition) is 7. The predicted octanol–water partition coefficient (Wildman–Crippen LogP) is 2.02. The Balaban J connectivity index is 1.36. The first-order valence-corrected chi connectivity index (χ1v) is 10.9. The van der Waals surface area contributed by atoms with Crippen LogP contribution in [0.1, 0.15) is 17.9 Å². The van der Waals surface area contributed by atoms with Crippen molar-refractivity contribution >= 4 is 27.3 Å². The highest BCUT2D eigenvalue weighted by Gasteiger charge is 2.26. The molecule has 0 unspecified atom stereocenters. The van der Waals surface area contributed by atoms with E-state index < -0.39 is 10.0 Å². The minimum absolute atomic E-state index is 0.182. The number of sulfonamides is 1. The van der Waals surface area contributed by atoms with Gasteiger partial charge in [-0.15, -0.1) is 0 Å². The van der Waals surface area contributed by atoms with Gasteiger partial charge in [0.05, 0.1) is 11.9 Å². The lowest BCUT2D eigenvalue weighted by atomic mass is 10.1. The van der Waals surface area contributed by atoms with Gasteiger partial charge in [0.15, 0.2) is 0 Å². The molecule has 29 heavy (non-hydrogen) atoms. The van der Waals surface area contributed by atoms with Crippen LogP contribution in [-0.4, -0.2) is 42.3 Å². The average molecular weight is 413 g/mol. The van der Waals surface area contributed by atoms with E-state index in [1.807, 2.05) is 12.1 Å². The Hall–Kier alpha value is -3.27. The van der Waals surface area contributed by atoms with Gasteiger partial charge in [0.1, 0.15) is 0 Å². The molecule has 2 aromatic heterocycles. The number of hydrogen-bond donors (Lipinski definition) is 1. The molecule has 150 valence electrons. The van der Waals surface area contributed by atoms with Gasteiger partial charge >= 0.3 is 0 Å². The van der Waals surface area contributed by atoms with E-state index in [4.69, 9.17) is 4.52 Å². The largest absolute Gasteiger partial charge is 0.339 e. The van der Waals surface area contributed by atoms with Crippen LogP contribution in [0.3, 0.4) is 0 Å². The second kappa shape index (κ2) is 7.63. The number of aryl methyl sites for hydroxylation is 1. The molecule has 3 aromatic rings. The van der Waals surface area contributed by atoms with Crippen molar-refractivity contribution in [1.29, 1.82) is 0 Å². The number of benzene rings is 1. The zero-order valence-electron chi connectivity index (χ0n) is 15.7. The molecular formula is C19H19N5O4S. The van der Waals surface area contributed by atoms with E-state index in [1.165, 1.54) is 10.6 Å². The molecule has 0 spiro atoms. The second-order valence-corrected chi connectivity index (χ2v) is 8.64. The summed E-state index contributed by atoms with van der Waals surface area (Å²) in [6.45, 7) is 0.419. The van der Waals surface area contributed by atoms with Crippen LogP contribution >= 0.6 is 0 Å². The summed E-state index contributed by atoms with van der Waals surface area (Å²) in [6.07, 6.45) is 5.60. The van der Waals surface area contributed by atoms with Gasteiger partial charge in [0.25, 0.3) is 0 Å². The Kier molecular flexibility index (Phi) is 5.01. The first-order valence-electron chi connectivity index (χ1n) is 9.03. The van der Waals surface area contributed by atoms with E-state index in [2.05, 4.69) is 20.4 Å². The van der Waals surface area contributed by atoms with Gasteiger partial charge in [0, 0.05) is 43.0 Å². The van der Waals surface area contributed by atoms with Crippen LogP contribution in [0.4, 0.5) is 11.4 Å². The Morgan fingerprint density at radius 1 is 1.31 bits per heavy atom. The molecular weight excluding hydrogens is 394 g/mol. The van der Waals surface area contributed by atoms with Gasteiger partial charge < -0.3 is 9.84 Å². The molecule has 0 saturated heterocycles. The van der Waals surface area contributed by atoms with E-state index >= 15 is 0 Å². The van der Waals surface area contributed by atoms with Crippen LogP contribution in [0.5, 0.6) is 0 Å². The minimum Gasteiger partial charge on any atom is -0.339 e. The summed E-state index contributed by atoms with van der Waals surface area (Å²) in [7, 11) is -3.29. The van der Waals surface area contributed by atoms with Crippen molar-refractivity contribution in [1.82, 2.24) is 15.1 Å². The predicted molar refractivity (Wildman–Crippen MR) is 107 cm³/mol. The molecule has 1 aliphatic rings. The first kappa shape index (κ1) is 19.1. The smallest absolute Gasteiger partial charge is 0.232 e. The van der Waals surface area contributed by atoms with Crippen molar-refractivity contribution in [3.63, 3.8) is 0 Å². The lowest BCUT2D eigenvalue weighted by Gasteiger charge is -2.16. The van der Waals surface area contributed by atoms with Gasteiger partial charge in [-0.3, -0.25) is 14.1 Å². The zero-order chi connectivity index (χ0) is 20.4. The topological polar surface area (TPSA) is 118 Å². The SMILES string of the molecule is CS(=O)(=O)N1CCc2cc(NC(=O)CCc3nc(-c4cccnc4)no3)ccc21. The number of rotatable bonds is 6. The molecule has 0 fully saturated rings. The average Bonchev–Trinajstić information content (AvgIpc) is 3.33. The highest BCUT2D eigenvalue weighted by molar-refractivity contribution is 7.92. The van der Waals surface area contributed by atoms with E-state index in [1.54, 1.807) is 30.6 Å². The Morgan fingerprint density at radius 3 is 2.93 bits per heavy atom. The number of aromatic nitrogens is 3. The Labute approximate surface area is 167 Å². The molecule has 1 aromatic carbocycles. The molecule has 0 atom stereocenters. The molecule has 3 heterocycles. The van der Waals surface area contributed by atoms with Gasteiger partial charge in [0.2, 0.25) is 27.6 Å². The third-order valence-corrected chi connectivity index (χ3v) is 5.75. The summed E-state index contributed by atoms with van der Waals surface area (Å²) in [5.74, 6) is 0.614. The molecule has 10 heteroatoms. The van der Waals surface area contributed by atoms with Gasteiger partial charge in [-0.2, -0.15) is 4.98 Å². The highest BCUT2D eigenvalue weighted by atomic mass is 32.2. The summed E-state index contributed by atoms with van der Waals surface area (Å²) >= 11 is 0. The molecule has 0 saturated carbocycles. The summed E-state index contributed by atoms with van der Waals surface area (Å²) in [4.78, 5) is 20.6. The van der Waals surface area contributed by atoms with Crippen molar-refractivity contribution in [2.24, 2.45) is 0 Å². The number of fused-ring (bicyclic) bond motifs is 1. The van der Waals surface area contributed by atoms with Crippen LogP contribution in [0.2, 0.25) is 0 Å². The number of pyridine rings is 1. The lowest BCUT2D eigenvalue weighted by Crippen LogP contribution is -2.27. The molecule has 1 N–H and O–H groups in total. The van der Waals surface area contributed by atoms with E-state index in [0.29, 0.717) is 42.5 Å². The molecule has 0 bridgehead atoms. The normalized spacial score (nSPS) is 13.3. The Bertz CT molecular complexity index is 1140. The van der Waals surface area contributed by atoms with Crippen LogP contribution in [-0.2, 0) is 27.7 Å². The fraction of sp³-hybridized carbons (Fsp3) is 0.263. The second-order valence-electron chi connectivity index (χ2n) is 6.73. The maximum absolute atomic E-state index is 12.3. The third-order valence-electron chi connectivity index (χ3n) is 4.57. The van der Waals surface area contributed by atoms with E-state index in [9.17, 15) is 13.2 Å². The molecule has 1 aliphatic heterocycles. The number of carbonyl (C=O) groups excluding carboxylic acids is 1. The molecule has 1 amide bonds. The third kappa shape index (κ3) is 4.27. The van der Waals surface area contributed by atoms with Crippen LogP contribution in [0, 0.1) is 0 Å². The fourth-order valence-corrected chi connectivity index (χ4v) is 4.16. The summed E-state index contributed by atoms with van der Waals surface area (Å²) < 4.78 is 30.2. The monoisotopic (exact) mass is 413 g/mol. The van der Waals surface area contributed by atoms with Crippen LogP contribution < -0.4 is 9.62 Å². The molecule has 0 aliphatic carbocycles. The maximum Gasteiger partial charge on any atom is 0.232 e. The minimum atomic E-state index is -3.29. The Morgan fingerprint density at radius 2 is 2.17 bits per heavy atom. The molecule has 9 nitrogen and oxygen atoms in total. The number of nitrogens with one attached hydrogen (secondary N) is 1. The number of anilines is 2. The van der Waals surface area contributed by atoms with Crippen LogP contribution in [0.15, 0.2) is 47.2 Å². The van der Waals surface area contributed by atoms with Gasteiger partial charge in [-0.25, -0.2) is 8.42 Å². The zero-order valence-corrected chi connectivity index (χ0v) is 16.5.